The Labute approximate surface area is 228 Å². The van der Waals surface area contributed by atoms with Gasteiger partial charge >= 0.3 is 0 Å². The van der Waals surface area contributed by atoms with Crippen LogP contribution in [0.2, 0.25) is 0 Å². The van der Waals surface area contributed by atoms with E-state index in [0.29, 0.717) is 41.1 Å². The molecular formula is C30H32N6O3. The van der Waals surface area contributed by atoms with Crippen LogP contribution in [0, 0.1) is 0 Å². The lowest BCUT2D eigenvalue weighted by atomic mass is 9.95. The number of nitrogens with zero attached hydrogens (tertiary/aromatic N) is 4. The van der Waals surface area contributed by atoms with Crippen LogP contribution in [-0.2, 0) is 4.79 Å². The number of para-hydroxylation sites is 2. The number of benzene rings is 3. The Morgan fingerprint density at radius 2 is 1.77 bits per heavy atom. The second-order valence-corrected chi connectivity index (χ2v) is 9.37. The minimum atomic E-state index is -0.520. The van der Waals surface area contributed by atoms with Crippen LogP contribution in [-0.4, -0.2) is 48.5 Å². The molecule has 2 heterocycles. The summed E-state index contributed by atoms with van der Waals surface area (Å²) in [5, 5.41) is 11.2. The maximum absolute atomic E-state index is 13.8. The summed E-state index contributed by atoms with van der Waals surface area (Å²) < 4.78 is 12.9. The number of rotatable bonds is 8. The molecule has 0 aliphatic carbocycles. The van der Waals surface area contributed by atoms with E-state index in [9.17, 15) is 4.79 Å². The third kappa shape index (κ3) is 5.16. The van der Waals surface area contributed by atoms with Crippen molar-refractivity contribution in [1.29, 1.82) is 0 Å². The van der Waals surface area contributed by atoms with E-state index in [0.717, 1.165) is 22.6 Å². The third-order valence-electron chi connectivity index (χ3n) is 6.60. The average molecular weight is 525 g/mol. The zero-order valence-corrected chi connectivity index (χ0v) is 22.7. The number of nitrogens with one attached hydrogen (secondary N) is 2. The first-order valence-corrected chi connectivity index (χ1v) is 12.8. The Morgan fingerprint density at radius 1 is 1.05 bits per heavy atom. The van der Waals surface area contributed by atoms with Crippen molar-refractivity contribution in [3.05, 3.63) is 89.6 Å². The number of anilines is 3. The highest BCUT2D eigenvalue weighted by Crippen LogP contribution is 2.38. The van der Waals surface area contributed by atoms with Gasteiger partial charge in [0.2, 0.25) is 5.95 Å². The van der Waals surface area contributed by atoms with Gasteiger partial charge < -0.3 is 25.0 Å². The first kappa shape index (κ1) is 25.8. The summed E-state index contributed by atoms with van der Waals surface area (Å²) in [5.74, 6) is 2.21. The van der Waals surface area contributed by atoms with Crippen molar-refractivity contribution in [3.8, 4) is 22.9 Å². The predicted octanol–water partition coefficient (Wildman–Crippen LogP) is 5.35. The number of amides is 1. The Morgan fingerprint density at radius 3 is 2.44 bits per heavy atom. The first-order valence-electron chi connectivity index (χ1n) is 12.8. The highest BCUT2D eigenvalue weighted by Gasteiger charge is 2.34. The largest absolute Gasteiger partial charge is 0.495 e. The van der Waals surface area contributed by atoms with E-state index in [-0.39, 0.29) is 5.91 Å². The molecule has 0 saturated heterocycles. The number of fused-ring (bicyclic) bond motifs is 1. The van der Waals surface area contributed by atoms with Crippen molar-refractivity contribution in [2.45, 2.75) is 19.9 Å². The number of carbonyl (C=O) groups is 1. The molecule has 1 aromatic heterocycles. The van der Waals surface area contributed by atoms with Crippen LogP contribution < -0.4 is 25.0 Å². The Hall–Kier alpha value is -4.79. The highest BCUT2D eigenvalue weighted by atomic mass is 16.5. The molecule has 0 saturated carbocycles. The monoisotopic (exact) mass is 524 g/mol. The van der Waals surface area contributed by atoms with Gasteiger partial charge in [0.15, 0.2) is 5.82 Å². The normalized spacial score (nSPS) is 14.3. The summed E-state index contributed by atoms with van der Waals surface area (Å²) in [4.78, 5) is 20.7. The molecule has 200 valence electrons. The lowest BCUT2D eigenvalue weighted by Gasteiger charge is -2.29. The molecule has 3 aromatic carbocycles. The van der Waals surface area contributed by atoms with Crippen LogP contribution >= 0.6 is 0 Å². The average Bonchev–Trinajstić information content (AvgIpc) is 3.37. The van der Waals surface area contributed by atoms with Gasteiger partial charge in [-0.3, -0.25) is 4.79 Å². The summed E-state index contributed by atoms with van der Waals surface area (Å²) in [6.45, 7) is 4.39. The van der Waals surface area contributed by atoms with Gasteiger partial charge in [0.25, 0.3) is 5.91 Å². The number of hydrogen-bond donors (Lipinski definition) is 2. The van der Waals surface area contributed by atoms with Crippen LogP contribution in [0.15, 0.2) is 84.1 Å². The second-order valence-electron chi connectivity index (χ2n) is 9.37. The summed E-state index contributed by atoms with van der Waals surface area (Å²) in [7, 11) is 5.58. The van der Waals surface area contributed by atoms with E-state index in [1.54, 1.807) is 11.8 Å². The fourth-order valence-electron chi connectivity index (χ4n) is 4.63. The third-order valence-corrected chi connectivity index (χ3v) is 6.60. The molecule has 1 aliphatic rings. The minimum Gasteiger partial charge on any atom is -0.495 e. The van der Waals surface area contributed by atoms with Crippen LogP contribution in [0.3, 0.4) is 0 Å². The number of methoxy groups -OCH3 is 1. The van der Waals surface area contributed by atoms with Gasteiger partial charge in [-0.05, 0) is 67.9 Å². The number of aromatic nitrogens is 3. The van der Waals surface area contributed by atoms with Gasteiger partial charge in [0, 0.05) is 31.0 Å². The molecule has 39 heavy (non-hydrogen) atoms. The maximum atomic E-state index is 13.8. The number of allylic oxidation sites excluding steroid dienone is 1. The molecule has 1 unspecified atom stereocenters. The molecule has 0 fully saturated rings. The summed E-state index contributed by atoms with van der Waals surface area (Å²) in [6.07, 6.45) is 0. The van der Waals surface area contributed by atoms with Gasteiger partial charge in [-0.15, -0.1) is 5.10 Å². The van der Waals surface area contributed by atoms with Gasteiger partial charge in [-0.25, -0.2) is 4.68 Å². The highest BCUT2D eigenvalue weighted by molar-refractivity contribution is 6.06. The molecule has 5 rings (SSSR count). The van der Waals surface area contributed by atoms with Crippen LogP contribution in [0.25, 0.3) is 11.4 Å². The van der Waals surface area contributed by atoms with Gasteiger partial charge in [-0.1, -0.05) is 24.3 Å². The number of ether oxygens (including phenoxy) is 2. The standard InChI is InChI=1S/C30H32N6O3/c1-6-39-23-17-13-20(14-18-23)27-26(29(37)32-24-9-7-8-10-25(24)38-5)19(2)31-30-33-28(34-36(27)30)21-11-15-22(16-12-21)35(3)4/h7-18,27H,6H2,1-5H3,(H,32,37)(H,31,33,34). The van der Waals surface area contributed by atoms with E-state index in [1.165, 1.54) is 0 Å². The lowest BCUT2D eigenvalue weighted by Crippen LogP contribution is -2.31. The molecule has 1 aliphatic heterocycles. The summed E-state index contributed by atoms with van der Waals surface area (Å²) in [5.41, 5.74) is 4.65. The lowest BCUT2D eigenvalue weighted by molar-refractivity contribution is -0.113. The fourth-order valence-corrected chi connectivity index (χ4v) is 4.63. The van der Waals surface area contributed by atoms with Crippen molar-refractivity contribution in [1.82, 2.24) is 14.8 Å². The fraction of sp³-hybridized carbons (Fsp3) is 0.233. The summed E-state index contributed by atoms with van der Waals surface area (Å²) >= 11 is 0. The predicted molar refractivity (Wildman–Crippen MR) is 153 cm³/mol. The Balaban J connectivity index is 1.57. The van der Waals surface area contributed by atoms with E-state index in [2.05, 4.69) is 10.6 Å². The summed E-state index contributed by atoms with van der Waals surface area (Å²) in [6, 6.07) is 22.6. The SMILES string of the molecule is CCOc1ccc(C2C(C(=O)Nc3ccccc3OC)=C(C)Nc3nc(-c4ccc(N(C)C)cc4)nn32)cc1. The number of hydrogen-bond acceptors (Lipinski definition) is 7. The molecule has 4 aromatic rings. The Kier molecular flexibility index (Phi) is 7.23. The molecule has 2 N–H and O–H groups in total. The van der Waals surface area contributed by atoms with Crippen molar-refractivity contribution in [2.75, 3.05) is 43.3 Å². The molecule has 0 spiro atoms. The minimum absolute atomic E-state index is 0.263. The maximum Gasteiger partial charge on any atom is 0.255 e. The number of carbonyl (C=O) groups excluding carboxylic acids is 1. The molecule has 1 atom stereocenters. The molecule has 0 bridgehead atoms. The van der Waals surface area contributed by atoms with Crippen molar-refractivity contribution >= 4 is 23.2 Å². The van der Waals surface area contributed by atoms with Crippen molar-refractivity contribution in [3.63, 3.8) is 0 Å². The zero-order chi connectivity index (χ0) is 27.5. The first-order chi connectivity index (χ1) is 18.9. The molecule has 9 heteroatoms. The molecular weight excluding hydrogens is 492 g/mol. The molecule has 9 nitrogen and oxygen atoms in total. The molecule has 0 radical (unpaired) electrons. The van der Waals surface area contributed by atoms with Crippen molar-refractivity contribution < 1.29 is 14.3 Å². The quantitative estimate of drug-likeness (QED) is 0.321. The van der Waals surface area contributed by atoms with E-state index >= 15 is 0 Å². The van der Waals surface area contributed by atoms with Crippen LogP contribution in [0.4, 0.5) is 17.3 Å². The zero-order valence-electron chi connectivity index (χ0n) is 22.7. The van der Waals surface area contributed by atoms with Gasteiger partial charge in [0.05, 0.1) is 25.0 Å². The van der Waals surface area contributed by atoms with Gasteiger partial charge in [0.1, 0.15) is 17.5 Å². The van der Waals surface area contributed by atoms with E-state index < -0.39 is 6.04 Å². The molecule has 1 amide bonds. The smallest absolute Gasteiger partial charge is 0.255 e. The second kappa shape index (κ2) is 10.9. The van der Waals surface area contributed by atoms with Crippen LogP contribution in [0.1, 0.15) is 25.5 Å². The van der Waals surface area contributed by atoms with Crippen LogP contribution in [0.5, 0.6) is 11.5 Å². The van der Waals surface area contributed by atoms with Gasteiger partial charge in [-0.2, -0.15) is 4.98 Å². The topological polar surface area (TPSA) is 93.5 Å². The van der Waals surface area contributed by atoms with Crippen molar-refractivity contribution in [2.24, 2.45) is 0 Å². The van der Waals surface area contributed by atoms with E-state index in [1.807, 2.05) is 106 Å². The Bertz CT molecular complexity index is 1510. The van der Waals surface area contributed by atoms with E-state index in [4.69, 9.17) is 19.6 Å².